The Bertz CT molecular complexity index is 622. The second kappa shape index (κ2) is 7.15. The summed E-state index contributed by atoms with van der Waals surface area (Å²) in [6.07, 6.45) is 1.32. The van der Waals surface area contributed by atoms with Gasteiger partial charge in [-0.25, -0.2) is 0 Å². The number of nitriles is 1. The minimum Gasteiger partial charge on any atom is -0.372 e. The fourth-order valence-electron chi connectivity index (χ4n) is 2.45. The van der Waals surface area contributed by atoms with Crippen molar-refractivity contribution >= 4 is 35.2 Å². The van der Waals surface area contributed by atoms with Crippen molar-refractivity contribution in [3.8, 4) is 6.07 Å². The van der Waals surface area contributed by atoms with Gasteiger partial charge in [-0.05, 0) is 32.1 Å². The predicted octanol–water partition coefficient (Wildman–Crippen LogP) is 3.54. The molecule has 1 aliphatic rings. The van der Waals surface area contributed by atoms with Gasteiger partial charge in [0.2, 0.25) is 0 Å². The molecule has 0 N–H and O–H groups in total. The van der Waals surface area contributed by atoms with Crippen LogP contribution in [0.2, 0.25) is 10.0 Å². The van der Waals surface area contributed by atoms with Crippen molar-refractivity contribution in [2.45, 2.75) is 26.1 Å². The largest absolute Gasteiger partial charge is 0.372 e. The first-order valence-corrected chi connectivity index (χ1v) is 7.68. The maximum absolute atomic E-state index is 12.5. The lowest BCUT2D eigenvalue weighted by Gasteiger charge is -2.35. The molecule has 2 atom stereocenters. The maximum atomic E-state index is 12.5. The molecule has 0 saturated carbocycles. The second-order valence-electron chi connectivity index (χ2n) is 5.27. The Balaban J connectivity index is 2.30. The number of hydrogen-bond acceptors (Lipinski definition) is 3. The zero-order valence-corrected chi connectivity index (χ0v) is 13.9. The lowest BCUT2D eigenvalue weighted by molar-refractivity contribution is -0.138. The number of morpholine rings is 1. The average Bonchev–Trinajstić information content (AvgIpc) is 2.45. The van der Waals surface area contributed by atoms with Gasteiger partial charge in [0.1, 0.15) is 11.6 Å². The summed E-state index contributed by atoms with van der Waals surface area (Å²) in [7, 11) is 0. The Hall–Kier alpha value is -1.54. The zero-order chi connectivity index (χ0) is 16.3. The first-order chi connectivity index (χ1) is 10.4. The number of carbonyl (C=O) groups is 1. The van der Waals surface area contributed by atoms with E-state index in [4.69, 9.17) is 27.9 Å². The van der Waals surface area contributed by atoms with Crippen LogP contribution in [0.4, 0.5) is 0 Å². The third-order valence-electron chi connectivity index (χ3n) is 3.35. The van der Waals surface area contributed by atoms with E-state index in [0.717, 1.165) is 0 Å². The molecule has 22 heavy (non-hydrogen) atoms. The summed E-state index contributed by atoms with van der Waals surface area (Å²) in [4.78, 5) is 14.2. The first kappa shape index (κ1) is 16.8. The highest BCUT2D eigenvalue weighted by Crippen LogP contribution is 2.27. The smallest absolute Gasteiger partial charge is 0.264 e. The van der Waals surface area contributed by atoms with Gasteiger partial charge in [0.05, 0.1) is 12.2 Å². The van der Waals surface area contributed by atoms with E-state index in [9.17, 15) is 10.1 Å². The summed E-state index contributed by atoms with van der Waals surface area (Å²) in [5.74, 6) is -0.333. The van der Waals surface area contributed by atoms with Crippen LogP contribution in [0.3, 0.4) is 0 Å². The summed E-state index contributed by atoms with van der Waals surface area (Å²) in [5, 5.41) is 10.1. The molecule has 4 nitrogen and oxygen atoms in total. The standard InChI is InChI=1S/C16H16Cl2N2O2/c1-10-8-20(9-11(2)22-10)16(21)12(7-19)6-13-14(17)4-3-5-15(13)18/h3-6,10-11H,8-9H2,1-2H3/b12-6-/t10-,11-/m1/s1. The molecule has 0 bridgehead atoms. The van der Waals surface area contributed by atoms with Crippen LogP contribution in [0.25, 0.3) is 6.08 Å². The summed E-state index contributed by atoms with van der Waals surface area (Å²) < 4.78 is 5.60. The van der Waals surface area contributed by atoms with E-state index >= 15 is 0 Å². The molecule has 1 aliphatic heterocycles. The molecular weight excluding hydrogens is 323 g/mol. The van der Waals surface area contributed by atoms with Crippen LogP contribution in [-0.4, -0.2) is 36.1 Å². The third-order valence-corrected chi connectivity index (χ3v) is 4.01. The van der Waals surface area contributed by atoms with Gasteiger partial charge >= 0.3 is 0 Å². The minimum absolute atomic E-state index is 0.0105. The average molecular weight is 339 g/mol. The molecule has 0 unspecified atom stereocenters. The Labute approximate surface area is 139 Å². The fourth-order valence-corrected chi connectivity index (χ4v) is 2.96. The molecule has 1 saturated heterocycles. The molecule has 6 heteroatoms. The number of halogens is 2. The molecule has 1 amide bonds. The first-order valence-electron chi connectivity index (χ1n) is 6.93. The Kier molecular flexibility index (Phi) is 5.47. The Morgan fingerprint density at radius 1 is 1.32 bits per heavy atom. The van der Waals surface area contributed by atoms with E-state index in [1.54, 1.807) is 23.1 Å². The Morgan fingerprint density at radius 2 is 1.86 bits per heavy atom. The maximum Gasteiger partial charge on any atom is 0.264 e. The quantitative estimate of drug-likeness (QED) is 0.612. The van der Waals surface area contributed by atoms with E-state index in [2.05, 4.69) is 0 Å². The second-order valence-corrected chi connectivity index (χ2v) is 6.09. The van der Waals surface area contributed by atoms with Crippen LogP contribution >= 0.6 is 23.2 Å². The van der Waals surface area contributed by atoms with Crippen molar-refractivity contribution in [1.82, 2.24) is 4.90 Å². The lowest BCUT2D eigenvalue weighted by Crippen LogP contribution is -2.48. The van der Waals surface area contributed by atoms with Gasteiger partial charge in [-0.2, -0.15) is 5.26 Å². The molecule has 2 rings (SSSR count). The fraction of sp³-hybridized carbons (Fsp3) is 0.375. The van der Waals surface area contributed by atoms with Crippen molar-refractivity contribution in [3.63, 3.8) is 0 Å². The monoisotopic (exact) mass is 338 g/mol. The third kappa shape index (κ3) is 3.80. The van der Waals surface area contributed by atoms with Gasteiger partial charge in [-0.15, -0.1) is 0 Å². The van der Waals surface area contributed by atoms with Crippen molar-refractivity contribution in [2.24, 2.45) is 0 Å². The number of nitrogens with zero attached hydrogens (tertiary/aromatic N) is 2. The molecular formula is C16H16Cl2N2O2. The van der Waals surface area contributed by atoms with Crippen LogP contribution in [0.15, 0.2) is 23.8 Å². The number of carbonyl (C=O) groups excluding carboxylic acids is 1. The minimum atomic E-state index is -0.333. The van der Waals surface area contributed by atoms with E-state index in [-0.39, 0.29) is 23.7 Å². The van der Waals surface area contributed by atoms with E-state index < -0.39 is 0 Å². The van der Waals surface area contributed by atoms with Gasteiger partial charge in [-0.3, -0.25) is 4.79 Å². The summed E-state index contributed by atoms with van der Waals surface area (Å²) in [6.45, 7) is 4.71. The van der Waals surface area contributed by atoms with Gasteiger partial charge < -0.3 is 9.64 Å². The summed E-state index contributed by atoms with van der Waals surface area (Å²) >= 11 is 12.2. The van der Waals surface area contributed by atoms with E-state index in [1.807, 2.05) is 19.9 Å². The van der Waals surface area contributed by atoms with Crippen LogP contribution in [0.5, 0.6) is 0 Å². The van der Waals surface area contributed by atoms with E-state index in [1.165, 1.54) is 6.08 Å². The summed E-state index contributed by atoms with van der Waals surface area (Å²) in [5.41, 5.74) is 0.487. The predicted molar refractivity (Wildman–Crippen MR) is 86.6 cm³/mol. The van der Waals surface area contributed by atoms with Gasteiger partial charge in [0, 0.05) is 28.7 Å². The molecule has 0 aromatic heterocycles. The molecule has 116 valence electrons. The van der Waals surface area contributed by atoms with Crippen LogP contribution in [-0.2, 0) is 9.53 Å². The van der Waals surface area contributed by atoms with Gasteiger partial charge in [0.25, 0.3) is 5.91 Å². The van der Waals surface area contributed by atoms with Crippen LogP contribution < -0.4 is 0 Å². The summed E-state index contributed by atoms with van der Waals surface area (Å²) in [6, 6.07) is 6.98. The van der Waals surface area contributed by atoms with Crippen molar-refractivity contribution in [2.75, 3.05) is 13.1 Å². The van der Waals surface area contributed by atoms with Gasteiger partial charge in [-0.1, -0.05) is 29.3 Å². The van der Waals surface area contributed by atoms with Crippen LogP contribution in [0.1, 0.15) is 19.4 Å². The highest BCUT2D eigenvalue weighted by atomic mass is 35.5. The molecule has 1 fully saturated rings. The molecule has 0 radical (unpaired) electrons. The number of benzene rings is 1. The van der Waals surface area contributed by atoms with E-state index in [0.29, 0.717) is 28.7 Å². The van der Waals surface area contributed by atoms with Gasteiger partial charge in [0.15, 0.2) is 0 Å². The molecule has 1 aromatic carbocycles. The molecule has 0 aliphatic carbocycles. The normalized spacial score (nSPS) is 22.3. The number of hydrogen-bond donors (Lipinski definition) is 0. The SMILES string of the molecule is C[C@@H]1CN(C(=O)/C(C#N)=C\c2c(Cl)cccc2Cl)C[C@@H](C)O1. The lowest BCUT2D eigenvalue weighted by atomic mass is 10.1. The highest BCUT2D eigenvalue weighted by Gasteiger charge is 2.28. The topological polar surface area (TPSA) is 53.3 Å². The molecule has 1 aromatic rings. The number of rotatable bonds is 2. The van der Waals surface area contributed by atoms with Crippen molar-refractivity contribution in [3.05, 3.63) is 39.4 Å². The highest BCUT2D eigenvalue weighted by molar-refractivity contribution is 6.37. The molecule has 0 spiro atoms. The zero-order valence-electron chi connectivity index (χ0n) is 12.3. The van der Waals surface area contributed by atoms with Crippen molar-refractivity contribution < 1.29 is 9.53 Å². The number of ether oxygens (including phenoxy) is 1. The van der Waals surface area contributed by atoms with Crippen molar-refractivity contribution in [1.29, 1.82) is 5.26 Å². The van der Waals surface area contributed by atoms with Crippen LogP contribution in [0, 0.1) is 11.3 Å². The Morgan fingerprint density at radius 3 is 2.36 bits per heavy atom. The molecule has 1 heterocycles. The number of amides is 1.